The van der Waals surface area contributed by atoms with Gasteiger partial charge in [-0.1, -0.05) is 0 Å². The number of aryl methyl sites for hydroxylation is 1. The van der Waals surface area contributed by atoms with Crippen LogP contribution in [0.4, 0.5) is 5.69 Å². The monoisotopic (exact) mass is 321 g/mol. The number of benzene rings is 1. The van der Waals surface area contributed by atoms with Crippen molar-refractivity contribution in [1.29, 1.82) is 0 Å². The normalized spacial score (nSPS) is 22.0. The lowest BCUT2D eigenvalue weighted by Gasteiger charge is -2.39. The maximum Gasteiger partial charge on any atom is 0.229 e. The van der Waals surface area contributed by atoms with Gasteiger partial charge in [0.25, 0.3) is 0 Å². The van der Waals surface area contributed by atoms with E-state index in [9.17, 15) is 8.42 Å². The van der Waals surface area contributed by atoms with Crippen molar-refractivity contribution in [2.75, 3.05) is 25.1 Å². The number of rotatable bonds is 4. The van der Waals surface area contributed by atoms with Gasteiger partial charge in [0.1, 0.15) is 0 Å². The molecule has 0 bridgehead atoms. The van der Waals surface area contributed by atoms with E-state index < -0.39 is 10.0 Å². The van der Waals surface area contributed by atoms with Gasteiger partial charge in [-0.25, -0.2) is 8.42 Å². The Morgan fingerprint density at radius 2 is 1.95 bits per heavy atom. The van der Waals surface area contributed by atoms with Crippen molar-refractivity contribution in [1.82, 2.24) is 9.47 Å². The Morgan fingerprint density at radius 3 is 2.55 bits per heavy atom. The highest BCUT2D eigenvalue weighted by molar-refractivity contribution is 7.92. The molecule has 1 fully saturated rings. The first-order chi connectivity index (χ1) is 10.2. The number of anilines is 1. The van der Waals surface area contributed by atoms with Gasteiger partial charge in [-0.05, 0) is 56.6 Å². The summed E-state index contributed by atoms with van der Waals surface area (Å²) in [5.41, 5.74) is 3.10. The van der Waals surface area contributed by atoms with Crippen molar-refractivity contribution < 1.29 is 8.42 Å². The van der Waals surface area contributed by atoms with Crippen LogP contribution in [0.3, 0.4) is 0 Å². The average molecular weight is 321 g/mol. The van der Waals surface area contributed by atoms with Gasteiger partial charge in [0, 0.05) is 35.9 Å². The Bertz CT molecular complexity index is 802. The third-order valence-electron chi connectivity index (χ3n) is 4.61. The Balaban J connectivity index is 1.95. The first-order valence-electron chi connectivity index (χ1n) is 7.48. The summed E-state index contributed by atoms with van der Waals surface area (Å²) < 4.78 is 27.5. The molecule has 6 heteroatoms. The number of nitrogens with one attached hydrogen (secondary N) is 1. The van der Waals surface area contributed by atoms with Crippen LogP contribution in [-0.4, -0.2) is 44.3 Å². The Morgan fingerprint density at radius 1 is 1.27 bits per heavy atom. The van der Waals surface area contributed by atoms with E-state index in [0.29, 0.717) is 17.6 Å². The molecule has 5 nitrogen and oxygen atoms in total. The van der Waals surface area contributed by atoms with Gasteiger partial charge in [-0.15, -0.1) is 0 Å². The SMILES string of the molecule is Cn1cc([C@H]2C[C@H](N(C)C)C2)c2cc(NS(C)(=O)=O)ccc21. The van der Waals surface area contributed by atoms with Crippen LogP contribution >= 0.6 is 0 Å². The molecular weight excluding hydrogens is 298 g/mol. The zero-order valence-electron chi connectivity index (χ0n) is 13.5. The summed E-state index contributed by atoms with van der Waals surface area (Å²) in [6, 6.07) is 6.40. The molecule has 22 heavy (non-hydrogen) atoms. The van der Waals surface area contributed by atoms with Crippen molar-refractivity contribution in [3.8, 4) is 0 Å². The fraction of sp³-hybridized carbons (Fsp3) is 0.500. The van der Waals surface area contributed by atoms with E-state index in [0.717, 1.165) is 23.7 Å². The summed E-state index contributed by atoms with van der Waals surface area (Å²) >= 11 is 0. The van der Waals surface area contributed by atoms with Crippen LogP contribution in [0.1, 0.15) is 24.3 Å². The zero-order valence-corrected chi connectivity index (χ0v) is 14.3. The van der Waals surface area contributed by atoms with Gasteiger partial charge >= 0.3 is 0 Å². The lowest BCUT2D eigenvalue weighted by atomic mass is 9.75. The number of hydrogen-bond acceptors (Lipinski definition) is 3. The van der Waals surface area contributed by atoms with Crippen LogP contribution in [0.15, 0.2) is 24.4 Å². The highest BCUT2D eigenvalue weighted by atomic mass is 32.2. The van der Waals surface area contributed by atoms with Crippen LogP contribution in [0.2, 0.25) is 0 Å². The van der Waals surface area contributed by atoms with Gasteiger partial charge in [0.05, 0.1) is 6.26 Å². The Kier molecular flexibility index (Phi) is 3.69. The Hall–Kier alpha value is -1.53. The number of fused-ring (bicyclic) bond motifs is 1. The van der Waals surface area contributed by atoms with Gasteiger partial charge in [0.2, 0.25) is 10.0 Å². The molecule has 1 aliphatic rings. The van der Waals surface area contributed by atoms with Gasteiger partial charge in [-0.3, -0.25) is 4.72 Å². The largest absolute Gasteiger partial charge is 0.350 e. The molecule has 0 atom stereocenters. The highest BCUT2D eigenvalue weighted by Gasteiger charge is 2.33. The molecule has 120 valence electrons. The first-order valence-corrected chi connectivity index (χ1v) is 9.37. The molecule has 1 aromatic carbocycles. The smallest absolute Gasteiger partial charge is 0.229 e. The van der Waals surface area contributed by atoms with E-state index in [4.69, 9.17) is 0 Å². The molecule has 1 heterocycles. The van der Waals surface area contributed by atoms with Crippen molar-refractivity contribution in [2.45, 2.75) is 24.8 Å². The molecule has 2 aromatic rings. The molecule has 1 aliphatic carbocycles. The summed E-state index contributed by atoms with van der Waals surface area (Å²) in [6.45, 7) is 0. The molecule has 1 N–H and O–H groups in total. The molecule has 0 spiro atoms. The molecule has 1 aromatic heterocycles. The maximum absolute atomic E-state index is 11.4. The first kappa shape index (κ1) is 15.4. The summed E-state index contributed by atoms with van der Waals surface area (Å²) in [6.07, 6.45) is 5.69. The van der Waals surface area contributed by atoms with E-state index >= 15 is 0 Å². The minimum atomic E-state index is -3.25. The van der Waals surface area contributed by atoms with E-state index in [1.165, 1.54) is 11.8 Å². The predicted octanol–water partition coefficient (Wildman–Crippen LogP) is 2.36. The number of sulfonamides is 1. The number of nitrogens with zero attached hydrogens (tertiary/aromatic N) is 2. The molecule has 0 amide bonds. The topological polar surface area (TPSA) is 54.3 Å². The van der Waals surface area contributed by atoms with Crippen LogP contribution in [-0.2, 0) is 17.1 Å². The molecule has 0 aliphatic heterocycles. The minimum Gasteiger partial charge on any atom is -0.350 e. The lowest BCUT2D eigenvalue weighted by Crippen LogP contribution is -2.39. The van der Waals surface area contributed by atoms with Crippen molar-refractivity contribution in [3.63, 3.8) is 0 Å². The Labute approximate surface area is 132 Å². The van der Waals surface area contributed by atoms with Crippen LogP contribution < -0.4 is 4.72 Å². The van der Waals surface area contributed by atoms with Crippen molar-refractivity contribution >= 4 is 26.6 Å². The summed E-state index contributed by atoms with van der Waals surface area (Å²) in [7, 11) is 3.04. The summed E-state index contributed by atoms with van der Waals surface area (Å²) in [5.74, 6) is 0.560. The predicted molar refractivity (Wildman–Crippen MR) is 90.8 cm³/mol. The van der Waals surface area contributed by atoms with Crippen LogP contribution in [0, 0.1) is 0 Å². The molecule has 3 rings (SSSR count). The van der Waals surface area contributed by atoms with Crippen molar-refractivity contribution in [2.24, 2.45) is 7.05 Å². The second-order valence-corrected chi connectivity index (χ2v) is 8.34. The van der Waals surface area contributed by atoms with E-state index in [1.807, 2.05) is 25.2 Å². The molecule has 0 radical (unpaired) electrons. The van der Waals surface area contributed by atoms with E-state index in [-0.39, 0.29) is 0 Å². The number of aromatic nitrogens is 1. The molecule has 1 saturated carbocycles. The van der Waals surface area contributed by atoms with Crippen molar-refractivity contribution in [3.05, 3.63) is 30.0 Å². The highest BCUT2D eigenvalue weighted by Crippen LogP contribution is 2.42. The molecule has 0 unspecified atom stereocenters. The van der Waals surface area contributed by atoms with Gasteiger partial charge in [0.15, 0.2) is 0 Å². The van der Waals surface area contributed by atoms with Crippen LogP contribution in [0.25, 0.3) is 10.9 Å². The summed E-state index contributed by atoms with van der Waals surface area (Å²) in [4.78, 5) is 2.28. The maximum atomic E-state index is 11.4. The number of hydrogen-bond donors (Lipinski definition) is 1. The second kappa shape index (κ2) is 5.28. The summed E-state index contributed by atoms with van der Waals surface area (Å²) in [5, 5.41) is 1.15. The molecular formula is C16H23N3O2S. The zero-order chi connectivity index (χ0) is 16.1. The second-order valence-electron chi connectivity index (χ2n) is 6.59. The standard InChI is InChI=1S/C16H23N3O2S/c1-18(2)13-7-11(8-13)15-10-19(3)16-6-5-12(9-14(15)16)17-22(4,20)21/h5-6,9-11,13,17H,7-8H2,1-4H3/t11-,13-. The lowest BCUT2D eigenvalue weighted by molar-refractivity contribution is 0.167. The van der Waals surface area contributed by atoms with E-state index in [2.05, 4.69) is 34.5 Å². The third-order valence-corrected chi connectivity index (χ3v) is 5.21. The van der Waals surface area contributed by atoms with E-state index in [1.54, 1.807) is 0 Å². The fourth-order valence-electron chi connectivity index (χ4n) is 3.29. The van der Waals surface area contributed by atoms with Gasteiger partial charge < -0.3 is 9.47 Å². The fourth-order valence-corrected chi connectivity index (χ4v) is 3.84. The average Bonchev–Trinajstić information content (AvgIpc) is 2.62. The van der Waals surface area contributed by atoms with Gasteiger partial charge in [-0.2, -0.15) is 0 Å². The minimum absolute atomic E-state index is 0.560. The third kappa shape index (κ3) is 2.85. The van der Waals surface area contributed by atoms with Crippen LogP contribution in [0.5, 0.6) is 0 Å². The molecule has 0 saturated heterocycles. The quantitative estimate of drug-likeness (QED) is 0.940.